The van der Waals surface area contributed by atoms with Gasteiger partial charge < -0.3 is 5.32 Å². The average molecular weight is 503 g/mol. The van der Waals surface area contributed by atoms with Crippen LogP contribution in [0.3, 0.4) is 0 Å². The molecule has 4 nitrogen and oxygen atoms in total. The van der Waals surface area contributed by atoms with Crippen LogP contribution in [0.1, 0.15) is 57.6 Å². The van der Waals surface area contributed by atoms with Gasteiger partial charge in [0.1, 0.15) is 11.6 Å². The Morgan fingerprint density at radius 3 is 2.39 bits per heavy atom. The molecule has 188 valence electrons. The lowest BCUT2D eigenvalue weighted by Crippen LogP contribution is -2.04. The number of pyridine rings is 1. The zero-order valence-electron chi connectivity index (χ0n) is 21.1. The van der Waals surface area contributed by atoms with Crippen LogP contribution in [0.25, 0.3) is 11.3 Å². The minimum Gasteiger partial charge on any atom is -0.323 e. The topological polar surface area (TPSA) is 53.6 Å². The van der Waals surface area contributed by atoms with Gasteiger partial charge in [0.2, 0.25) is 0 Å². The molecule has 2 aromatic carbocycles. The maximum Gasteiger partial charge on any atom is 0.153 e. The fraction of sp³-hybridized carbons (Fsp3) is 0.333. The first kappa shape index (κ1) is 26.0. The van der Waals surface area contributed by atoms with Crippen LogP contribution >= 0.6 is 11.8 Å². The monoisotopic (exact) mass is 502 g/mol. The summed E-state index contributed by atoms with van der Waals surface area (Å²) in [6.45, 7) is 4.27. The summed E-state index contributed by atoms with van der Waals surface area (Å²) in [6.07, 6.45) is 10.4. The normalized spacial score (nSPS) is 13.6. The van der Waals surface area contributed by atoms with Crippen LogP contribution in [0.4, 0.5) is 16.0 Å². The predicted octanol–water partition coefficient (Wildman–Crippen LogP) is 9.18. The number of benzene rings is 2. The Kier molecular flexibility index (Phi) is 9.56. The van der Waals surface area contributed by atoms with Gasteiger partial charge in [-0.2, -0.15) is 5.10 Å². The van der Waals surface area contributed by atoms with E-state index in [1.165, 1.54) is 62.0 Å². The van der Waals surface area contributed by atoms with E-state index >= 15 is 0 Å². The van der Waals surface area contributed by atoms with Crippen molar-refractivity contribution in [3.63, 3.8) is 0 Å². The van der Waals surface area contributed by atoms with Crippen molar-refractivity contribution in [2.45, 2.75) is 68.6 Å². The van der Waals surface area contributed by atoms with E-state index in [9.17, 15) is 4.39 Å². The van der Waals surface area contributed by atoms with Crippen LogP contribution in [-0.4, -0.2) is 15.2 Å². The number of H-pyrrole nitrogens is 1. The SMILES string of the molecule is CCCC1CCCCC1.Cc1cc(Sc2ccccc2)cc(Nc2cc(-c3ccc(F)cc3)[nH]n2)n1. The zero-order valence-corrected chi connectivity index (χ0v) is 22.0. The van der Waals surface area contributed by atoms with E-state index in [0.29, 0.717) is 5.82 Å². The second-order valence-electron chi connectivity index (χ2n) is 9.34. The van der Waals surface area contributed by atoms with E-state index in [0.717, 1.165) is 33.6 Å². The number of nitrogens with one attached hydrogen (secondary N) is 2. The van der Waals surface area contributed by atoms with Crippen molar-refractivity contribution in [3.8, 4) is 11.3 Å². The lowest BCUT2D eigenvalue weighted by Gasteiger charge is -2.20. The third kappa shape index (κ3) is 7.95. The number of aromatic amines is 1. The van der Waals surface area contributed by atoms with E-state index < -0.39 is 0 Å². The first-order valence-corrected chi connectivity index (χ1v) is 13.7. The Morgan fingerprint density at radius 2 is 1.67 bits per heavy atom. The number of anilines is 2. The van der Waals surface area contributed by atoms with Gasteiger partial charge in [-0.3, -0.25) is 5.10 Å². The van der Waals surface area contributed by atoms with Gasteiger partial charge >= 0.3 is 0 Å². The third-order valence-electron chi connectivity index (χ3n) is 6.32. The maximum absolute atomic E-state index is 13.1. The molecule has 4 aromatic rings. The number of nitrogens with zero attached hydrogens (tertiary/aromatic N) is 2. The molecule has 2 N–H and O–H groups in total. The van der Waals surface area contributed by atoms with Crippen molar-refractivity contribution in [1.29, 1.82) is 0 Å². The number of rotatable bonds is 7. The highest BCUT2D eigenvalue weighted by molar-refractivity contribution is 7.99. The van der Waals surface area contributed by atoms with E-state index in [-0.39, 0.29) is 5.82 Å². The standard InChI is InChI=1S/C21H17FN4S.C9H18/c1-14-11-18(27-17-5-3-2-4-6-17)12-20(23-14)24-21-13-19(25-26-21)15-7-9-16(22)10-8-15;1-2-6-9-7-4-3-5-8-9/h2-13H,1H3,(H2,23,24,25,26);9H,2-8H2,1H3. The molecule has 36 heavy (non-hydrogen) atoms. The minimum absolute atomic E-state index is 0.260. The molecule has 5 rings (SSSR count). The molecular weight excluding hydrogens is 467 g/mol. The van der Waals surface area contributed by atoms with Gasteiger partial charge in [-0.1, -0.05) is 81.8 Å². The smallest absolute Gasteiger partial charge is 0.153 e. The van der Waals surface area contributed by atoms with Crippen molar-refractivity contribution in [2.75, 3.05) is 5.32 Å². The summed E-state index contributed by atoms with van der Waals surface area (Å²) in [6, 6.07) is 22.4. The number of hydrogen-bond donors (Lipinski definition) is 2. The van der Waals surface area contributed by atoms with Crippen molar-refractivity contribution in [3.05, 3.63) is 84.3 Å². The quantitative estimate of drug-likeness (QED) is 0.264. The molecule has 0 bridgehead atoms. The summed E-state index contributed by atoms with van der Waals surface area (Å²) in [5.74, 6) is 2.22. The van der Waals surface area contributed by atoms with Crippen LogP contribution in [0.5, 0.6) is 0 Å². The van der Waals surface area contributed by atoms with Gasteiger partial charge in [0.15, 0.2) is 5.82 Å². The van der Waals surface area contributed by atoms with Gasteiger partial charge in [-0.15, -0.1) is 0 Å². The van der Waals surface area contributed by atoms with Gasteiger partial charge in [-0.25, -0.2) is 9.37 Å². The summed E-state index contributed by atoms with van der Waals surface area (Å²) in [5.41, 5.74) is 2.60. The Balaban J connectivity index is 0.000000286. The van der Waals surface area contributed by atoms with Gasteiger partial charge in [-0.05, 0) is 66.9 Å². The van der Waals surface area contributed by atoms with Gasteiger partial charge in [0, 0.05) is 21.6 Å². The Morgan fingerprint density at radius 1 is 0.917 bits per heavy atom. The lowest BCUT2D eigenvalue weighted by atomic mass is 9.86. The Bertz CT molecular complexity index is 1200. The highest BCUT2D eigenvalue weighted by atomic mass is 32.2. The number of halogens is 1. The van der Waals surface area contributed by atoms with Crippen molar-refractivity contribution in [2.24, 2.45) is 5.92 Å². The van der Waals surface area contributed by atoms with Crippen LogP contribution in [0.2, 0.25) is 0 Å². The Labute approximate surface area is 218 Å². The molecule has 1 aliphatic carbocycles. The van der Waals surface area contributed by atoms with Gasteiger partial charge in [0.05, 0.1) is 5.69 Å². The van der Waals surface area contributed by atoms with Crippen molar-refractivity contribution in [1.82, 2.24) is 15.2 Å². The fourth-order valence-electron chi connectivity index (χ4n) is 4.56. The molecule has 6 heteroatoms. The van der Waals surface area contributed by atoms with Crippen LogP contribution in [-0.2, 0) is 0 Å². The van der Waals surface area contributed by atoms with Crippen LogP contribution < -0.4 is 5.32 Å². The molecule has 0 saturated heterocycles. The molecule has 0 atom stereocenters. The molecule has 2 aromatic heterocycles. The molecule has 1 saturated carbocycles. The molecule has 1 aliphatic rings. The summed E-state index contributed by atoms with van der Waals surface area (Å²) < 4.78 is 13.1. The maximum atomic E-state index is 13.1. The number of aryl methyl sites for hydroxylation is 1. The van der Waals surface area contributed by atoms with E-state index in [2.05, 4.69) is 45.6 Å². The summed E-state index contributed by atoms with van der Waals surface area (Å²) >= 11 is 1.69. The van der Waals surface area contributed by atoms with Crippen LogP contribution in [0.15, 0.2) is 82.6 Å². The first-order valence-electron chi connectivity index (χ1n) is 12.9. The van der Waals surface area contributed by atoms with E-state index in [1.807, 2.05) is 37.3 Å². The minimum atomic E-state index is -0.260. The van der Waals surface area contributed by atoms with Gasteiger partial charge in [0.25, 0.3) is 0 Å². The molecule has 0 aliphatic heterocycles. The molecule has 2 heterocycles. The molecule has 0 amide bonds. The second-order valence-corrected chi connectivity index (χ2v) is 10.5. The average Bonchev–Trinajstić information content (AvgIpc) is 3.34. The number of aromatic nitrogens is 3. The number of hydrogen-bond acceptors (Lipinski definition) is 4. The molecule has 0 radical (unpaired) electrons. The second kappa shape index (κ2) is 13.3. The first-order chi connectivity index (χ1) is 17.6. The van der Waals surface area contributed by atoms with E-state index in [1.54, 1.807) is 23.9 Å². The van der Waals surface area contributed by atoms with Crippen LogP contribution in [0, 0.1) is 18.7 Å². The highest BCUT2D eigenvalue weighted by Crippen LogP contribution is 2.30. The third-order valence-corrected chi connectivity index (χ3v) is 7.30. The fourth-order valence-corrected chi connectivity index (χ4v) is 5.53. The lowest BCUT2D eigenvalue weighted by molar-refractivity contribution is 0.336. The van der Waals surface area contributed by atoms with E-state index in [4.69, 9.17) is 0 Å². The molecular formula is C30H35FN4S. The summed E-state index contributed by atoms with van der Waals surface area (Å²) in [4.78, 5) is 6.81. The largest absolute Gasteiger partial charge is 0.323 e. The summed E-state index contributed by atoms with van der Waals surface area (Å²) in [5, 5.41) is 10.5. The van der Waals surface area contributed by atoms with Crippen molar-refractivity contribution >= 4 is 23.4 Å². The predicted molar refractivity (Wildman–Crippen MR) is 148 cm³/mol. The molecule has 1 fully saturated rings. The summed E-state index contributed by atoms with van der Waals surface area (Å²) in [7, 11) is 0. The molecule has 0 spiro atoms. The zero-order chi connectivity index (χ0) is 25.2. The Hall–Kier alpha value is -3.12. The molecule has 0 unspecified atom stereocenters. The van der Waals surface area contributed by atoms with Crippen molar-refractivity contribution < 1.29 is 4.39 Å². The highest BCUT2D eigenvalue weighted by Gasteiger charge is 2.11.